The molecule has 0 aromatic heterocycles. The minimum Gasteiger partial charge on any atom is -1.00 e. The summed E-state index contributed by atoms with van der Waals surface area (Å²) in [7, 11) is -1.95. The Labute approximate surface area is 271 Å². The average molecular weight is 687 g/mol. The van der Waals surface area contributed by atoms with E-state index in [0.29, 0.717) is 6.42 Å². The predicted octanol–water partition coefficient (Wildman–Crippen LogP) is 1.09. The summed E-state index contributed by atoms with van der Waals surface area (Å²) in [6.45, 7) is 2.75. The van der Waals surface area contributed by atoms with Crippen LogP contribution >= 0.6 is 7.26 Å². The van der Waals surface area contributed by atoms with Gasteiger partial charge in [0, 0.05) is 27.2 Å². The third kappa shape index (κ3) is 10.9. The summed E-state index contributed by atoms with van der Waals surface area (Å²) in [4.78, 5) is 47.7. The van der Waals surface area contributed by atoms with Crippen molar-refractivity contribution in [2.75, 3.05) is 26.0 Å². The topological polar surface area (TPSA) is 108 Å². The van der Waals surface area contributed by atoms with Gasteiger partial charge in [0.25, 0.3) is 0 Å². The van der Waals surface area contributed by atoms with Crippen molar-refractivity contribution in [3.63, 3.8) is 0 Å². The quantitative estimate of drug-likeness (QED) is 0.104. The van der Waals surface area contributed by atoms with Gasteiger partial charge in [0.05, 0.1) is 6.16 Å². The predicted molar refractivity (Wildman–Crippen MR) is 169 cm³/mol. The number of nitrogens with one attached hydrogen (secondary N) is 1. The molecule has 3 aromatic carbocycles. The number of esters is 3. The molecule has 0 heterocycles. The summed E-state index contributed by atoms with van der Waals surface area (Å²) < 4.78 is 15.4. The maximum absolute atomic E-state index is 13.1. The highest BCUT2D eigenvalue weighted by atomic mass is 79.9. The zero-order valence-corrected chi connectivity index (χ0v) is 28.0. The van der Waals surface area contributed by atoms with Crippen LogP contribution in [0.5, 0.6) is 0 Å². The van der Waals surface area contributed by atoms with Crippen LogP contribution in [0.25, 0.3) is 0 Å². The van der Waals surface area contributed by atoms with E-state index in [0.717, 1.165) is 19.0 Å². The number of carbonyl (C=O) groups is 4. The molecule has 1 N–H and O–H groups in total. The average Bonchev–Trinajstić information content (AvgIpc) is 3.01. The first-order chi connectivity index (χ1) is 20.7. The Hall–Kier alpha value is -3.55. The Balaban J connectivity index is 0.00000675. The molecule has 236 valence electrons. The summed E-state index contributed by atoms with van der Waals surface area (Å²) in [6.07, 6.45) is 3.48. The lowest BCUT2D eigenvalue weighted by Gasteiger charge is -2.32. The van der Waals surface area contributed by atoms with E-state index in [1.54, 1.807) is 0 Å². The summed E-state index contributed by atoms with van der Waals surface area (Å²) >= 11 is 0. The fourth-order valence-electron chi connectivity index (χ4n) is 5.00. The maximum Gasteiger partial charge on any atom is 0.302 e. The Morgan fingerprint density at radius 3 is 1.30 bits per heavy atom. The summed E-state index contributed by atoms with van der Waals surface area (Å²) in [5, 5.41) is 6.77. The van der Waals surface area contributed by atoms with Gasteiger partial charge in [0.1, 0.15) is 48.5 Å². The molecule has 0 unspecified atom stereocenters. The molecule has 0 radical (unpaired) electrons. The second-order valence-corrected chi connectivity index (χ2v) is 14.1. The molecule has 0 bridgehead atoms. The molecule has 0 aliphatic heterocycles. The number of benzene rings is 3. The molecule has 0 atom stereocenters. The molecule has 0 saturated carbocycles. The highest BCUT2D eigenvalue weighted by molar-refractivity contribution is 7.95. The zero-order valence-electron chi connectivity index (χ0n) is 25.5. The van der Waals surface area contributed by atoms with Crippen LogP contribution in [0.3, 0.4) is 0 Å². The molecule has 44 heavy (non-hydrogen) atoms. The van der Waals surface area contributed by atoms with E-state index in [2.05, 4.69) is 78.1 Å². The van der Waals surface area contributed by atoms with Crippen molar-refractivity contribution < 1.29 is 50.4 Å². The molecule has 0 saturated heterocycles. The number of unbranched alkanes of at least 4 members (excludes halogenated alkanes) is 2. The molecule has 0 aliphatic rings. The molecule has 0 spiro atoms. The molecular weight excluding hydrogens is 645 g/mol. The van der Waals surface area contributed by atoms with Crippen LogP contribution in [0.2, 0.25) is 0 Å². The van der Waals surface area contributed by atoms with E-state index in [9.17, 15) is 19.2 Å². The van der Waals surface area contributed by atoms with E-state index in [1.165, 1.54) is 36.7 Å². The molecule has 0 aliphatic carbocycles. The van der Waals surface area contributed by atoms with Gasteiger partial charge >= 0.3 is 17.9 Å². The summed E-state index contributed by atoms with van der Waals surface area (Å²) in [5.74, 6) is -2.05. The van der Waals surface area contributed by atoms with Crippen molar-refractivity contribution in [1.82, 2.24) is 5.32 Å². The van der Waals surface area contributed by atoms with Gasteiger partial charge in [-0.3, -0.25) is 19.2 Å². The Kier molecular flexibility index (Phi) is 15.2. The molecular formula is C34H41BrNO7P. The third-order valence-corrected chi connectivity index (χ3v) is 11.6. The van der Waals surface area contributed by atoms with Crippen molar-refractivity contribution in [3.8, 4) is 0 Å². The molecule has 10 heteroatoms. The maximum atomic E-state index is 13.1. The number of halogens is 1. The second kappa shape index (κ2) is 18.3. The zero-order chi connectivity index (χ0) is 31.1. The van der Waals surface area contributed by atoms with E-state index in [1.807, 2.05) is 18.2 Å². The van der Waals surface area contributed by atoms with Crippen LogP contribution in [0, 0.1) is 0 Å². The van der Waals surface area contributed by atoms with E-state index >= 15 is 0 Å². The molecule has 3 rings (SSSR count). The minimum atomic E-state index is -1.95. The number of amides is 1. The third-order valence-electron chi connectivity index (χ3n) is 7.05. The van der Waals surface area contributed by atoms with Gasteiger partial charge in [-0.1, -0.05) is 54.6 Å². The largest absolute Gasteiger partial charge is 1.00 e. The van der Waals surface area contributed by atoms with Gasteiger partial charge in [-0.05, 0) is 55.7 Å². The van der Waals surface area contributed by atoms with Crippen LogP contribution in [-0.4, -0.2) is 55.3 Å². The molecule has 1 amide bonds. The first-order valence-electron chi connectivity index (χ1n) is 14.4. The van der Waals surface area contributed by atoms with Crippen LogP contribution in [-0.2, 0) is 33.4 Å². The van der Waals surface area contributed by atoms with Crippen molar-refractivity contribution in [2.24, 2.45) is 0 Å². The summed E-state index contributed by atoms with van der Waals surface area (Å²) in [5.41, 5.74) is -1.39. The minimum absolute atomic E-state index is 0. The number of hydrogen-bond donors (Lipinski definition) is 1. The van der Waals surface area contributed by atoms with E-state index in [4.69, 9.17) is 14.2 Å². The first kappa shape index (κ1) is 36.6. The highest BCUT2D eigenvalue weighted by Gasteiger charge is 2.44. The number of carbonyl (C=O) groups excluding carboxylic acids is 4. The number of ether oxygens (including phenoxy) is 3. The lowest BCUT2D eigenvalue weighted by Crippen LogP contribution is -3.00. The van der Waals surface area contributed by atoms with Gasteiger partial charge in [0.2, 0.25) is 5.91 Å². The monoisotopic (exact) mass is 685 g/mol. The van der Waals surface area contributed by atoms with Gasteiger partial charge < -0.3 is 36.5 Å². The van der Waals surface area contributed by atoms with Crippen molar-refractivity contribution >= 4 is 47.0 Å². The molecule has 0 fully saturated rings. The van der Waals surface area contributed by atoms with Gasteiger partial charge in [-0.2, -0.15) is 0 Å². The fraction of sp³-hybridized carbons (Fsp3) is 0.353. The van der Waals surface area contributed by atoms with Gasteiger partial charge in [-0.15, -0.1) is 0 Å². The Morgan fingerprint density at radius 2 is 0.955 bits per heavy atom. The Bertz CT molecular complexity index is 1200. The van der Waals surface area contributed by atoms with Crippen molar-refractivity contribution in [1.29, 1.82) is 0 Å². The fourth-order valence-corrected chi connectivity index (χ4v) is 9.41. The highest BCUT2D eigenvalue weighted by Crippen LogP contribution is 2.56. The standard InChI is InChI=1S/C34H40NO7P.BrH/c1-27(36)40-24-34(25-41-28(2)37,26-42-29(3)38)35-33(39)22-14-7-15-23-43(30-16-8-4-9-17-30,31-18-10-5-11-19-31)32-20-12-6-13-21-32;/h4-6,8-13,16-21H,7,14-15,22-26H2,1-3H3;1H. The smallest absolute Gasteiger partial charge is 0.302 e. The Morgan fingerprint density at radius 1 is 0.591 bits per heavy atom. The lowest BCUT2D eigenvalue weighted by atomic mass is 10.0. The normalized spacial score (nSPS) is 11.1. The van der Waals surface area contributed by atoms with Gasteiger partial charge in [0.15, 0.2) is 0 Å². The molecule has 3 aromatic rings. The van der Waals surface area contributed by atoms with Crippen LogP contribution in [0.15, 0.2) is 91.0 Å². The van der Waals surface area contributed by atoms with Crippen molar-refractivity contribution in [3.05, 3.63) is 91.0 Å². The SMILES string of the molecule is CC(=O)OCC(COC(C)=O)(COC(C)=O)NC(=O)CCCCC[P+](c1ccccc1)(c1ccccc1)c1ccccc1.[Br-]. The number of rotatable bonds is 16. The second-order valence-electron chi connectivity index (χ2n) is 10.5. The molecule has 8 nitrogen and oxygen atoms in total. The number of hydrogen-bond acceptors (Lipinski definition) is 7. The van der Waals surface area contributed by atoms with E-state index in [-0.39, 0.29) is 49.1 Å². The van der Waals surface area contributed by atoms with Crippen LogP contribution < -0.4 is 38.2 Å². The van der Waals surface area contributed by atoms with Crippen LogP contribution in [0.4, 0.5) is 0 Å². The van der Waals surface area contributed by atoms with E-state index < -0.39 is 30.7 Å². The lowest BCUT2D eigenvalue weighted by molar-refractivity contribution is -0.156. The van der Waals surface area contributed by atoms with Gasteiger partial charge in [-0.25, -0.2) is 0 Å². The van der Waals surface area contributed by atoms with Crippen LogP contribution in [0.1, 0.15) is 46.5 Å². The first-order valence-corrected chi connectivity index (χ1v) is 16.4. The summed E-state index contributed by atoms with van der Waals surface area (Å²) in [6, 6.07) is 32.0. The van der Waals surface area contributed by atoms with Crippen molar-refractivity contribution in [2.45, 2.75) is 52.0 Å².